The average molecular weight is 440 g/mol. The van der Waals surface area contributed by atoms with E-state index in [9.17, 15) is 13.9 Å². The summed E-state index contributed by atoms with van der Waals surface area (Å²) in [6.07, 6.45) is 1.08. The Morgan fingerprint density at radius 3 is 2.56 bits per heavy atom. The molecule has 0 radical (unpaired) electrons. The molecule has 2 heterocycles. The molecular weight excluding hydrogens is 414 g/mol. The van der Waals surface area contributed by atoms with E-state index >= 15 is 0 Å². The van der Waals surface area contributed by atoms with Crippen molar-refractivity contribution in [3.8, 4) is 17.0 Å². The number of alkyl halides is 2. The molecule has 32 heavy (non-hydrogen) atoms. The Balaban J connectivity index is 2.02. The zero-order chi connectivity index (χ0) is 23.1. The van der Waals surface area contributed by atoms with E-state index in [-0.39, 0.29) is 19.4 Å². The summed E-state index contributed by atoms with van der Waals surface area (Å²) in [4.78, 5) is 8.89. The lowest BCUT2D eigenvalue weighted by Crippen LogP contribution is -2.11. The van der Waals surface area contributed by atoms with Crippen molar-refractivity contribution in [3.63, 3.8) is 0 Å². The molecule has 3 N–H and O–H groups in total. The largest absolute Gasteiger partial charge is 0.493 e. The number of anilines is 2. The molecule has 0 aliphatic heterocycles. The number of aliphatic hydroxyl groups excluding tert-OH is 1. The Hall–Kier alpha value is -3.39. The minimum absolute atomic E-state index is 0.164. The molecule has 2 aromatic heterocycles. The topological polar surface area (TPSA) is 91.1 Å². The lowest BCUT2D eigenvalue weighted by Gasteiger charge is -2.16. The number of ether oxygens (including phenoxy) is 1. The number of rotatable bonds is 10. The van der Waals surface area contributed by atoms with E-state index in [2.05, 4.69) is 15.3 Å². The first-order valence-electron chi connectivity index (χ1n) is 10.3. The molecule has 0 unspecified atom stereocenters. The van der Waals surface area contributed by atoms with Crippen LogP contribution in [0.25, 0.3) is 11.3 Å². The third kappa shape index (κ3) is 6.07. The average Bonchev–Trinajstić information content (AvgIpc) is 2.77. The van der Waals surface area contributed by atoms with Crippen LogP contribution in [-0.2, 0) is 13.0 Å². The van der Waals surface area contributed by atoms with Crippen molar-refractivity contribution in [2.24, 2.45) is 0 Å². The Morgan fingerprint density at radius 2 is 1.88 bits per heavy atom. The highest BCUT2D eigenvalue weighted by Crippen LogP contribution is 2.34. The van der Waals surface area contributed by atoms with Crippen LogP contribution >= 0.6 is 0 Å². The van der Waals surface area contributed by atoms with Crippen LogP contribution in [0.5, 0.6) is 5.75 Å². The van der Waals surface area contributed by atoms with E-state index in [4.69, 9.17) is 10.1 Å². The minimum atomic E-state index is -2.75. The number of aliphatic hydroxyl groups is 1. The van der Waals surface area contributed by atoms with Gasteiger partial charge in [-0.3, -0.25) is 4.98 Å². The van der Waals surface area contributed by atoms with Gasteiger partial charge in [-0.15, -0.1) is 0 Å². The molecule has 0 spiro atoms. The summed E-state index contributed by atoms with van der Waals surface area (Å²) >= 11 is 0. The molecule has 0 amide bonds. The zero-order valence-corrected chi connectivity index (χ0v) is 18.0. The maximum absolute atomic E-state index is 13.3. The summed E-state index contributed by atoms with van der Waals surface area (Å²) in [6.45, 7) is 2.97. The van der Waals surface area contributed by atoms with Gasteiger partial charge in [0, 0.05) is 23.9 Å². The Morgan fingerprint density at radius 1 is 1.12 bits per heavy atom. The number of nitrogens with zero attached hydrogens (tertiary/aromatic N) is 2. The highest BCUT2D eigenvalue weighted by molar-refractivity contribution is 5.93. The van der Waals surface area contributed by atoms with Gasteiger partial charge in [-0.2, -0.15) is 0 Å². The van der Waals surface area contributed by atoms with Gasteiger partial charge in [0.2, 0.25) is 5.92 Å². The molecule has 0 aliphatic rings. The van der Waals surface area contributed by atoms with E-state index in [1.807, 2.05) is 13.0 Å². The van der Waals surface area contributed by atoms with Crippen LogP contribution in [0, 0.1) is 5.41 Å². The third-order valence-corrected chi connectivity index (χ3v) is 4.74. The fourth-order valence-electron chi connectivity index (χ4n) is 3.20. The lowest BCUT2D eigenvalue weighted by molar-refractivity contribution is 0.0131. The van der Waals surface area contributed by atoms with Crippen molar-refractivity contribution in [2.45, 2.75) is 39.2 Å². The third-order valence-electron chi connectivity index (χ3n) is 4.74. The number of nitrogens with one attached hydrogen (secondary N) is 2. The van der Waals surface area contributed by atoms with Crippen molar-refractivity contribution in [1.29, 1.82) is 5.41 Å². The Bertz CT molecular complexity index is 1080. The second kappa shape index (κ2) is 10.3. The van der Waals surface area contributed by atoms with Crippen molar-refractivity contribution < 1.29 is 18.6 Å². The van der Waals surface area contributed by atoms with Gasteiger partial charge in [-0.1, -0.05) is 12.1 Å². The summed E-state index contributed by atoms with van der Waals surface area (Å²) in [7, 11) is 0. The predicted molar refractivity (Wildman–Crippen MR) is 121 cm³/mol. The molecular formula is C24H26F2N4O2. The van der Waals surface area contributed by atoms with Crippen LogP contribution in [0.15, 0.2) is 48.5 Å². The molecule has 6 nitrogen and oxygen atoms in total. The number of aromatic nitrogens is 2. The van der Waals surface area contributed by atoms with Crippen LogP contribution in [0.1, 0.15) is 37.2 Å². The van der Waals surface area contributed by atoms with Crippen LogP contribution in [0.3, 0.4) is 0 Å². The van der Waals surface area contributed by atoms with Crippen LogP contribution in [0.2, 0.25) is 0 Å². The molecule has 3 rings (SSSR count). The summed E-state index contributed by atoms with van der Waals surface area (Å²) in [5, 5.41) is 20.4. The number of pyridine rings is 2. The number of hydrogen-bond donors (Lipinski definition) is 3. The van der Waals surface area contributed by atoms with Gasteiger partial charge in [-0.05, 0) is 56.7 Å². The van der Waals surface area contributed by atoms with Crippen LogP contribution in [0.4, 0.5) is 20.3 Å². The van der Waals surface area contributed by atoms with Gasteiger partial charge in [-0.25, -0.2) is 13.8 Å². The van der Waals surface area contributed by atoms with Gasteiger partial charge in [0.15, 0.2) is 0 Å². The van der Waals surface area contributed by atoms with Crippen LogP contribution in [-0.4, -0.2) is 33.8 Å². The molecule has 168 valence electrons. The van der Waals surface area contributed by atoms with Gasteiger partial charge >= 0.3 is 0 Å². The highest BCUT2D eigenvalue weighted by Gasteiger charge is 2.21. The lowest BCUT2D eigenvalue weighted by atomic mass is 10.0. The quantitative estimate of drug-likeness (QED) is 0.369. The number of benzene rings is 1. The van der Waals surface area contributed by atoms with Crippen molar-refractivity contribution in [3.05, 3.63) is 65.5 Å². The summed E-state index contributed by atoms with van der Waals surface area (Å²) < 4.78 is 32.3. The Kier molecular flexibility index (Phi) is 7.48. The molecule has 0 aliphatic carbocycles. The van der Waals surface area contributed by atoms with Crippen molar-refractivity contribution >= 4 is 17.7 Å². The molecule has 0 fully saturated rings. The SMILES string of the molecule is CCOc1cc(-c2cccc(CCC(C)(F)F)n2)cc(Nc2cccc(CO)n2)c1C=N. The summed E-state index contributed by atoms with van der Waals surface area (Å²) in [5.74, 6) is -1.75. The van der Waals surface area contributed by atoms with Crippen molar-refractivity contribution in [2.75, 3.05) is 11.9 Å². The fraction of sp³-hybridized carbons (Fsp3) is 0.292. The summed E-state index contributed by atoms with van der Waals surface area (Å²) in [6, 6.07) is 14.2. The first-order valence-corrected chi connectivity index (χ1v) is 10.3. The second-order valence-corrected chi connectivity index (χ2v) is 7.39. The molecule has 1 aromatic carbocycles. The molecule has 8 heteroatoms. The standard InChI is InChI=1S/C24H26F2N4O2/c1-3-32-22-13-16(20-8-4-6-17(28-20)10-11-24(2,25)26)12-21(19(22)14-27)30-23-9-5-7-18(15-31)29-23/h4-9,12-14,27,31H,3,10-11,15H2,1-2H3,(H,29,30). The van der Waals surface area contributed by atoms with Crippen molar-refractivity contribution in [1.82, 2.24) is 9.97 Å². The Labute approximate surface area is 185 Å². The smallest absolute Gasteiger partial charge is 0.245 e. The molecule has 0 saturated heterocycles. The number of aryl methyl sites for hydroxylation is 1. The zero-order valence-electron chi connectivity index (χ0n) is 18.0. The van der Waals surface area contributed by atoms with E-state index in [1.165, 1.54) is 6.21 Å². The molecule has 0 saturated carbocycles. The number of halogens is 2. The van der Waals surface area contributed by atoms with Gasteiger partial charge in [0.05, 0.1) is 35.9 Å². The predicted octanol–water partition coefficient (Wildman–Crippen LogP) is 5.36. The highest BCUT2D eigenvalue weighted by atomic mass is 19.3. The van der Waals surface area contributed by atoms with E-state index < -0.39 is 5.92 Å². The van der Waals surface area contributed by atoms with E-state index in [1.54, 1.807) is 42.5 Å². The first-order chi connectivity index (χ1) is 15.3. The maximum atomic E-state index is 13.3. The molecule has 3 aromatic rings. The fourth-order valence-corrected chi connectivity index (χ4v) is 3.20. The van der Waals surface area contributed by atoms with Gasteiger partial charge < -0.3 is 20.6 Å². The molecule has 0 bridgehead atoms. The van der Waals surface area contributed by atoms with E-state index in [0.29, 0.717) is 52.1 Å². The van der Waals surface area contributed by atoms with E-state index in [0.717, 1.165) is 6.92 Å². The summed E-state index contributed by atoms with van der Waals surface area (Å²) in [5.41, 5.74) is 3.52. The normalized spacial score (nSPS) is 11.3. The van der Waals surface area contributed by atoms with Gasteiger partial charge in [0.25, 0.3) is 0 Å². The minimum Gasteiger partial charge on any atom is -0.493 e. The number of hydrogen-bond acceptors (Lipinski definition) is 6. The van der Waals surface area contributed by atoms with Gasteiger partial charge in [0.1, 0.15) is 11.6 Å². The maximum Gasteiger partial charge on any atom is 0.245 e. The molecule has 0 atom stereocenters. The van der Waals surface area contributed by atoms with Crippen LogP contribution < -0.4 is 10.1 Å². The monoisotopic (exact) mass is 440 g/mol. The first kappa shape index (κ1) is 23.3. The second-order valence-electron chi connectivity index (χ2n) is 7.39.